The van der Waals surface area contributed by atoms with Crippen molar-refractivity contribution in [3.8, 4) is 11.4 Å². The molecule has 2 amide bonds. The third kappa shape index (κ3) is 5.96. The predicted molar refractivity (Wildman–Crippen MR) is 123 cm³/mol. The Labute approximate surface area is 200 Å². The Morgan fingerprint density at radius 2 is 1.88 bits per heavy atom. The van der Waals surface area contributed by atoms with Crippen molar-refractivity contribution in [1.82, 2.24) is 25.4 Å². The summed E-state index contributed by atoms with van der Waals surface area (Å²) in [5, 5.41) is 9.89. The number of hydrogen-bond acceptors (Lipinski definition) is 4. The van der Waals surface area contributed by atoms with Crippen LogP contribution in [0, 0.1) is 11.6 Å². The molecule has 0 atom stereocenters. The fourth-order valence-electron chi connectivity index (χ4n) is 3.91. The number of aromatic nitrogens is 3. The van der Waals surface area contributed by atoms with Gasteiger partial charge in [0, 0.05) is 18.2 Å². The maximum absolute atomic E-state index is 14.0. The number of carbonyl (C=O) groups excluding carboxylic acids is 2. The summed E-state index contributed by atoms with van der Waals surface area (Å²) >= 11 is 5.77. The molecule has 3 aromatic rings. The second-order valence-electron chi connectivity index (χ2n) is 8.26. The first kappa shape index (κ1) is 23.8. The summed E-state index contributed by atoms with van der Waals surface area (Å²) < 4.78 is 28.5. The van der Waals surface area contributed by atoms with Gasteiger partial charge in [0.1, 0.15) is 18.2 Å². The maximum Gasteiger partial charge on any atom is 0.289 e. The van der Waals surface area contributed by atoms with E-state index in [4.69, 9.17) is 11.6 Å². The number of hydrogen-bond donors (Lipinski definition) is 2. The first-order chi connectivity index (χ1) is 16.4. The van der Waals surface area contributed by atoms with Gasteiger partial charge in [-0.1, -0.05) is 43.0 Å². The van der Waals surface area contributed by atoms with E-state index >= 15 is 0 Å². The molecule has 1 aliphatic carbocycles. The lowest BCUT2D eigenvalue weighted by atomic mass is 9.95. The predicted octanol–water partition coefficient (Wildman–Crippen LogP) is 4.26. The van der Waals surface area contributed by atoms with Gasteiger partial charge in [-0.25, -0.2) is 18.4 Å². The summed E-state index contributed by atoms with van der Waals surface area (Å²) in [5.74, 6) is -1.87. The Balaban J connectivity index is 1.54. The first-order valence-electron chi connectivity index (χ1n) is 11.1. The van der Waals surface area contributed by atoms with Crippen LogP contribution in [0.2, 0.25) is 5.02 Å². The van der Waals surface area contributed by atoms with Crippen molar-refractivity contribution in [1.29, 1.82) is 0 Å². The molecule has 1 heterocycles. The number of nitrogens with one attached hydrogen (secondary N) is 2. The van der Waals surface area contributed by atoms with Gasteiger partial charge in [0.2, 0.25) is 11.7 Å². The molecule has 34 heavy (non-hydrogen) atoms. The van der Waals surface area contributed by atoms with Crippen LogP contribution in [-0.2, 0) is 17.9 Å². The van der Waals surface area contributed by atoms with Gasteiger partial charge in [0.05, 0.1) is 5.02 Å². The van der Waals surface area contributed by atoms with Gasteiger partial charge in [0.15, 0.2) is 5.82 Å². The zero-order valence-electron chi connectivity index (χ0n) is 18.4. The van der Waals surface area contributed by atoms with Crippen LogP contribution in [0.1, 0.15) is 48.3 Å². The minimum absolute atomic E-state index is 0.0321. The molecule has 2 N–H and O–H groups in total. The topological polar surface area (TPSA) is 88.9 Å². The molecule has 2 aromatic carbocycles. The fraction of sp³-hybridized carbons (Fsp3) is 0.333. The number of amides is 2. The van der Waals surface area contributed by atoms with Crippen LogP contribution in [0.4, 0.5) is 8.78 Å². The molecule has 1 saturated carbocycles. The van der Waals surface area contributed by atoms with Crippen molar-refractivity contribution in [2.75, 3.05) is 0 Å². The Hall–Kier alpha value is -3.33. The molecule has 0 bridgehead atoms. The van der Waals surface area contributed by atoms with Gasteiger partial charge in [0.25, 0.3) is 5.91 Å². The molecule has 0 radical (unpaired) electrons. The fourth-order valence-corrected chi connectivity index (χ4v) is 4.03. The number of benzene rings is 2. The van der Waals surface area contributed by atoms with Gasteiger partial charge in [-0.15, -0.1) is 5.10 Å². The van der Waals surface area contributed by atoms with Crippen LogP contribution < -0.4 is 10.6 Å². The summed E-state index contributed by atoms with van der Waals surface area (Å²) in [6.45, 7) is -0.171. The van der Waals surface area contributed by atoms with Gasteiger partial charge in [-0.2, -0.15) is 0 Å². The molecule has 7 nitrogen and oxygen atoms in total. The lowest BCUT2D eigenvalue weighted by molar-refractivity contribution is -0.122. The molecule has 0 aliphatic heterocycles. The van der Waals surface area contributed by atoms with E-state index < -0.39 is 23.4 Å². The molecule has 1 aromatic heterocycles. The molecule has 0 unspecified atom stereocenters. The number of carbonyl (C=O) groups is 2. The van der Waals surface area contributed by atoms with Gasteiger partial charge in [-0.3, -0.25) is 9.59 Å². The van der Waals surface area contributed by atoms with E-state index in [0.29, 0.717) is 11.1 Å². The highest BCUT2D eigenvalue weighted by molar-refractivity contribution is 6.30. The largest absolute Gasteiger partial charge is 0.350 e. The molecule has 178 valence electrons. The number of rotatable bonds is 7. The zero-order chi connectivity index (χ0) is 24.1. The van der Waals surface area contributed by atoms with Gasteiger partial charge in [-0.05, 0) is 48.7 Å². The molecular weight excluding hydrogens is 464 g/mol. The second kappa shape index (κ2) is 10.7. The monoisotopic (exact) mass is 487 g/mol. The highest BCUT2D eigenvalue weighted by atomic mass is 35.5. The van der Waals surface area contributed by atoms with E-state index in [1.54, 1.807) is 12.1 Å². The van der Waals surface area contributed by atoms with Crippen molar-refractivity contribution in [3.63, 3.8) is 0 Å². The Morgan fingerprint density at radius 1 is 1.09 bits per heavy atom. The summed E-state index contributed by atoms with van der Waals surface area (Å²) in [4.78, 5) is 29.9. The Kier molecular flexibility index (Phi) is 7.52. The Bertz CT molecular complexity index is 1190. The van der Waals surface area contributed by atoms with E-state index in [0.717, 1.165) is 32.1 Å². The normalized spacial score (nSPS) is 14.1. The van der Waals surface area contributed by atoms with Crippen molar-refractivity contribution in [3.05, 3.63) is 70.5 Å². The summed E-state index contributed by atoms with van der Waals surface area (Å²) in [6.07, 6.45) is 4.97. The third-order valence-electron chi connectivity index (χ3n) is 5.67. The van der Waals surface area contributed by atoms with Crippen LogP contribution in [0.5, 0.6) is 0 Å². The van der Waals surface area contributed by atoms with Crippen molar-refractivity contribution >= 4 is 23.4 Å². The molecule has 1 fully saturated rings. The van der Waals surface area contributed by atoms with Crippen molar-refractivity contribution in [2.45, 2.75) is 51.2 Å². The molecule has 0 spiro atoms. The smallest absolute Gasteiger partial charge is 0.289 e. The number of nitrogens with zero attached hydrogens (tertiary/aromatic N) is 3. The Morgan fingerprint density at radius 3 is 2.62 bits per heavy atom. The van der Waals surface area contributed by atoms with Gasteiger partial charge < -0.3 is 10.6 Å². The molecule has 1 aliphatic rings. The van der Waals surface area contributed by atoms with E-state index in [9.17, 15) is 18.4 Å². The van der Waals surface area contributed by atoms with E-state index in [2.05, 4.69) is 20.7 Å². The molecule has 0 saturated heterocycles. The minimum atomic E-state index is -0.642. The third-order valence-corrected chi connectivity index (χ3v) is 5.97. The average Bonchev–Trinajstić information content (AvgIpc) is 3.24. The molecule has 4 rings (SSSR count). The highest BCUT2D eigenvalue weighted by Gasteiger charge is 2.24. The highest BCUT2D eigenvalue weighted by Crippen LogP contribution is 2.23. The average molecular weight is 488 g/mol. The summed E-state index contributed by atoms with van der Waals surface area (Å²) in [6, 6.07) is 10.0. The van der Waals surface area contributed by atoms with Gasteiger partial charge >= 0.3 is 0 Å². The molecular formula is C24H24ClF2N5O2. The lowest BCUT2D eigenvalue weighted by Gasteiger charge is -2.22. The quantitative estimate of drug-likeness (QED) is 0.521. The van der Waals surface area contributed by atoms with E-state index in [-0.39, 0.29) is 35.8 Å². The van der Waals surface area contributed by atoms with Crippen LogP contribution in [0.25, 0.3) is 11.4 Å². The number of halogens is 3. The summed E-state index contributed by atoms with van der Waals surface area (Å²) in [7, 11) is 0. The van der Waals surface area contributed by atoms with Crippen LogP contribution in [0.15, 0.2) is 42.5 Å². The molecule has 10 heteroatoms. The SMILES string of the molecule is O=C(Cn1nc(-c2ccc(Cl)c(F)c2)nc1C(=O)NC1CCCCC1)NCc1cccc(F)c1. The van der Waals surface area contributed by atoms with Crippen LogP contribution in [-0.4, -0.2) is 32.6 Å². The summed E-state index contributed by atoms with van der Waals surface area (Å²) in [5.41, 5.74) is 0.923. The standard InChI is InChI=1S/C24H24ClF2N5O2/c25-19-10-9-16(12-20(19)27)22-30-23(24(34)29-18-7-2-1-3-8-18)32(31-22)14-21(33)28-13-15-5-4-6-17(26)11-15/h4-6,9-12,18H,1-3,7-8,13-14H2,(H,28,33)(H,29,34). The second-order valence-corrected chi connectivity index (χ2v) is 8.67. The van der Waals surface area contributed by atoms with Crippen LogP contribution >= 0.6 is 11.6 Å². The maximum atomic E-state index is 14.0. The van der Waals surface area contributed by atoms with Crippen molar-refractivity contribution in [2.24, 2.45) is 0 Å². The van der Waals surface area contributed by atoms with Crippen LogP contribution in [0.3, 0.4) is 0 Å². The van der Waals surface area contributed by atoms with E-state index in [1.165, 1.54) is 35.0 Å². The zero-order valence-corrected chi connectivity index (χ0v) is 19.1. The lowest BCUT2D eigenvalue weighted by Crippen LogP contribution is -2.38. The van der Waals surface area contributed by atoms with E-state index in [1.807, 2.05) is 0 Å². The first-order valence-corrected chi connectivity index (χ1v) is 11.5. The minimum Gasteiger partial charge on any atom is -0.350 e. The van der Waals surface area contributed by atoms with Crippen molar-refractivity contribution < 1.29 is 18.4 Å².